The summed E-state index contributed by atoms with van der Waals surface area (Å²) in [5.41, 5.74) is 7.58. The summed E-state index contributed by atoms with van der Waals surface area (Å²) in [5.74, 6) is 1.92. The molecule has 122 valence electrons. The Kier molecular flexibility index (Phi) is 5.51. The molecule has 1 aromatic carbocycles. The van der Waals surface area contributed by atoms with Crippen molar-refractivity contribution < 1.29 is 3.83 Å². The Morgan fingerprint density at radius 1 is 1.13 bits per heavy atom. The molecule has 1 aromatic heterocycles. The van der Waals surface area contributed by atoms with Crippen LogP contribution in [-0.2, 0) is 6.42 Å². The van der Waals surface area contributed by atoms with Gasteiger partial charge in [-0.05, 0) is 43.2 Å². The maximum Gasteiger partial charge on any atom is 0.229 e. The lowest BCUT2D eigenvalue weighted by Gasteiger charge is -2.35. The fraction of sp³-hybridized carbons (Fsp3) is 0.389. The zero-order chi connectivity index (χ0) is 16.1. The molecule has 23 heavy (non-hydrogen) atoms. The van der Waals surface area contributed by atoms with Gasteiger partial charge in [-0.25, -0.2) is 0 Å². The molecule has 0 bridgehead atoms. The van der Waals surface area contributed by atoms with Crippen molar-refractivity contribution in [3.63, 3.8) is 0 Å². The summed E-state index contributed by atoms with van der Waals surface area (Å²) < 4.78 is 5.02. The molecule has 5 heteroatoms. The molecule has 1 heterocycles. The highest BCUT2D eigenvalue weighted by atomic mass is 79.9. The third kappa shape index (κ3) is 4.45. The molecule has 1 aliphatic rings. The van der Waals surface area contributed by atoms with Gasteiger partial charge in [0.2, 0.25) is 5.88 Å². The third-order valence-electron chi connectivity index (χ3n) is 4.50. The molecule has 3 N–H and O–H groups in total. The maximum atomic E-state index is 6.21. The van der Waals surface area contributed by atoms with Gasteiger partial charge in [-0.2, -0.15) is 4.98 Å². The SMILES string of the molecule is NC1CCC(Nc2cccc(OBr)n2)C(Cc2ccccc2)C1. The number of nitrogens with one attached hydrogen (secondary N) is 1. The average Bonchev–Trinajstić information content (AvgIpc) is 2.58. The molecule has 4 nitrogen and oxygen atoms in total. The number of aromatic nitrogens is 1. The van der Waals surface area contributed by atoms with Crippen LogP contribution in [0.1, 0.15) is 24.8 Å². The highest BCUT2D eigenvalue weighted by Gasteiger charge is 2.29. The Morgan fingerprint density at radius 3 is 2.74 bits per heavy atom. The fourth-order valence-corrected chi connectivity index (χ4v) is 3.54. The maximum absolute atomic E-state index is 6.21. The fourth-order valence-electron chi connectivity index (χ4n) is 3.36. The van der Waals surface area contributed by atoms with E-state index in [-0.39, 0.29) is 0 Å². The van der Waals surface area contributed by atoms with Crippen LogP contribution in [0.3, 0.4) is 0 Å². The normalized spacial score (nSPS) is 24.2. The van der Waals surface area contributed by atoms with Crippen molar-refractivity contribution in [2.75, 3.05) is 5.32 Å². The molecule has 0 saturated heterocycles. The van der Waals surface area contributed by atoms with Gasteiger partial charge in [0, 0.05) is 18.2 Å². The monoisotopic (exact) mass is 375 g/mol. The van der Waals surface area contributed by atoms with Crippen molar-refractivity contribution in [2.24, 2.45) is 11.7 Å². The van der Waals surface area contributed by atoms with Gasteiger partial charge in [0.15, 0.2) is 16.3 Å². The van der Waals surface area contributed by atoms with Gasteiger partial charge in [0.05, 0.1) is 0 Å². The minimum absolute atomic E-state index is 0.298. The summed E-state index contributed by atoms with van der Waals surface area (Å²) in [4.78, 5) is 4.43. The standard InChI is InChI=1S/C18H22BrN3O/c19-23-18-8-4-7-17(22-18)21-16-10-9-15(20)12-14(16)11-13-5-2-1-3-6-13/h1-8,14-16H,9-12,20H2,(H,21,22). The smallest absolute Gasteiger partial charge is 0.229 e. The van der Waals surface area contributed by atoms with Crippen LogP contribution < -0.4 is 14.9 Å². The van der Waals surface area contributed by atoms with Crippen LogP contribution in [0.4, 0.5) is 5.82 Å². The number of hydrogen-bond acceptors (Lipinski definition) is 4. The van der Waals surface area contributed by atoms with Crippen LogP contribution in [-0.4, -0.2) is 17.1 Å². The molecule has 1 saturated carbocycles. The van der Waals surface area contributed by atoms with Crippen LogP contribution in [0, 0.1) is 5.92 Å². The topological polar surface area (TPSA) is 60.2 Å². The molecule has 3 atom stereocenters. The number of pyridine rings is 1. The molecule has 1 aliphatic carbocycles. The Bertz CT molecular complexity index is 623. The summed E-state index contributed by atoms with van der Waals surface area (Å²) in [5, 5.41) is 3.58. The van der Waals surface area contributed by atoms with E-state index in [9.17, 15) is 0 Å². The van der Waals surface area contributed by atoms with E-state index in [0.717, 1.165) is 31.5 Å². The van der Waals surface area contributed by atoms with E-state index in [0.29, 0.717) is 23.9 Å². The molecule has 0 radical (unpaired) electrons. The summed E-state index contributed by atoms with van der Waals surface area (Å²) >= 11 is 2.97. The number of anilines is 1. The number of nitrogens with zero attached hydrogens (tertiary/aromatic N) is 1. The Morgan fingerprint density at radius 2 is 1.96 bits per heavy atom. The predicted molar refractivity (Wildman–Crippen MR) is 96.7 cm³/mol. The Labute approximate surface area is 145 Å². The lowest BCUT2D eigenvalue weighted by Crippen LogP contribution is -2.41. The summed E-state index contributed by atoms with van der Waals surface area (Å²) in [6, 6.07) is 17.0. The van der Waals surface area contributed by atoms with Gasteiger partial charge in [-0.1, -0.05) is 36.4 Å². The third-order valence-corrected chi connectivity index (χ3v) is 4.83. The molecule has 3 unspecified atom stereocenters. The minimum atomic E-state index is 0.298. The van der Waals surface area contributed by atoms with E-state index >= 15 is 0 Å². The molecule has 2 aromatic rings. The van der Waals surface area contributed by atoms with Crippen molar-refractivity contribution in [1.29, 1.82) is 0 Å². The quantitative estimate of drug-likeness (QED) is 0.831. The van der Waals surface area contributed by atoms with Crippen LogP contribution in [0.15, 0.2) is 48.5 Å². The van der Waals surface area contributed by atoms with E-state index in [1.807, 2.05) is 18.2 Å². The molecule has 0 aliphatic heterocycles. The van der Waals surface area contributed by atoms with E-state index in [4.69, 9.17) is 9.56 Å². The first-order valence-corrected chi connectivity index (χ1v) is 8.71. The number of hydrogen-bond donors (Lipinski definition) is 2. The summed E-state index contributed by atoms with van der Waals surface area (Å²) in [7, 11) is 0. The first-order chi connectivity index (χ1) is 11.2. The Hall–Kier alpha value is -1.59. The number of rotatable bonds is 5. The van der Waals surface area contributed by atoms with E-state index in [1.165, 1.54) is 5.56 Å². The largest absolute Gasteiger partial charge is 0.398 e. The first kappa shape index (κ1) is 16.3. The highest BCUT2D eigenvalue weighted by Crippen LogP contribution is 2.29. The predicted octanol–water partition coefficient (Wildman–Crippen LogP) is 3.92. The van der Waals surface area contributed by atoms with Crippen LogP contribution >= 0.6 is 16.3 Å². The van der Waals surface area contributed by atoms with Crippen LogP contribution in [0.5, 0.6) is 5.88 Å². The average molecular weight is 376 g/mol. The number of nitrogens with two attached hydrogens (primary N) is 1. The van der Waals surface area contributed by atoms with Crippen molar-refractivity contribution in [1.82, 2.24) is 4.98 Å². The molecule has 1 fully saturated rings. The van der Waals surface area contributed by atoms with E-state index < -0.39 is 0 Å². The zero-order valence-corrected chi connectivity index (χ0v) is 14.6. The molecule has 3 rings (SSSR count). The van der Waals surface area contributed by atoms with E-state index in [1.54, 1.807) is 0 Å². The molecule has 0 spiro atoms. The second kappa shape index (κ2) is 7.79. The molecule has 0 amide bonds. The lowest BCUT2D eigenvalue weighted by atomic mass is 9.78. The van der Waals surface area contributed by atoms with Gasteiger partial charge in [-0.15, -0.1) is 0 Å². The van der Waals surface area contributed by atoms with Crippen molar-refractivity contribution in [2.45, 2.75) is 37.8 Å². The van der Waals surface area contributed by atoms with Gasteiger partial charge in [0.25, 0.3) is 0 Å². The number of halogens is 1. The van der Waals surface area contributed by atoms with Gasteiger partial charge < -0.3 is 14.9 Å². The highest BCUT2D eigenvalue weighted by molar-refractivity contribution is 9.06. The van der Waals surface area contributed by atoms with Crippen LogP contribution in [0.25, 0.3) is 0 Å². The summed E-state index contributed by atoms with van der Waals surface area (Å²) in [6.07, 6.45) is 4.21. The second-order valence-corrected chi connectivity index (χ2v) is 6.54. The van der Waals surface area contributed by atoms with Gasteiger partial charge in [0.1, 0.15) is 5.82 Å². The van der Waals surface area contributed by atoms with E-state index in [2.05, 4.69) is 56.9 Å². The minimum Gasteiger partial charge on any atom is -0.398 e. The molecular formula is C18H22BrN3O. The van der Waals surface area contributed by atoms with Gasteiger partial charge in [-0.3, -0.25) is 0 Å². The lowest BCUT2D eigenvalue weighted by molar-refractivity contribution is 0.292. The second-order valence-electron chi connectivity index (χ2n) is 6.21. The number of benzene rings is 1. The van der Waals surface area contributed by atoms with Crippen LogP contribution in [0.2, 0.25) is 0 Å². The van der Waals surface area contributed by atoms with Crippen molar-refractivity contribution in [3.05, 3.63) is 54.1 Å². The Balaban J connectivity index is 1.72. The zero-order valence-electron chi connectivity index (χ0n) is 13.0. The molecular weight excluding hydrogens is 354 g/mol. The first-order valence-electron chi connectivity index (χ1n) is 8.06. The van der Waals surface area contributed by atoms with Gasteiger partial charge >= 0.3 is 0 Å². The van der Waals surface area contributed by atoms with Crippen molar-refractivity contribution >= 4 is 22.1 Å². The van der Waals surface area contributed by atoms with Crippen molar-refractivity contribution in [3.8, 4) is 5.88 Å². The summed E-state index contributed by atoms with van der Waals surface area (Å²) in [6.45, 7) is 0.